The lowest BCUT2D eigenvalue weighted by molar-refractivity contribution is -0.117. The summed E-state index contributed by atoms with van der Waals surface area (Å²) in [6, 6.07) is 51.5. The van der Waals surface area contributed by atoms with Gasteiger partial charge in [-0.2, -0.15) is 0 Å². The number of anilines is 1. The number of hydrogen-bond donors (Lipinski definition) is 6. The molecule has 1 unspecified atom stereocenters. The van der Waals surface area contributed by atoms with Crippen molar-refractivity contribution in [1.29, 1.82) is 0 Å². The number of nitrogens with two attached hydrogens (primary N) is 1. The van der Waals surface area contributed by atoms with Gasteiger partial charge in [-0.05, 0) is 82.9 Å². The van der Waals surface area contributed by atoms with Crippen LogP contribution in [0.15, 0.2) is 187 Å². The topological polar surface area (TPSA) is 144 Å². The van der Waals surface area contributed by atoms with Gasteiger partial charge in [-0.25, -0.2) is 9.98 Å². The molecule has 0 aliphatic carbocycles. The van der Waals surface area contributed by atoms with Crippen molar-refractivity contribution in [1.82, 2.24) is 24.9 Å². The van der Waals surface area contributed by atoms with E-state index < -0.39 is 6.04 Å². The van der Waals surface area contributed by atoms with Crippen LogP contribution in [0, 0.1) is 0 Å². The minimum atomic E-state index is -0.738. The first-order valence-electron chi connectivity index (χ1n) is 19.7. The van der Waals surface area contributed by atoms with Crippen LogP contribution in [0.3, 0.4) is 0 Å². The van der Waals surface area contributed by atoms with Gasteiger partial charge in [0.15, 0.2) is 0 Å². The Morgan fingerprint density at radius 2 is 1.20 bits per heavy atom. The van der Waals surface area contributed by atoms with E-state index in [1.54, 1.807) is 12.5 Å². The number of nitrogens with one attached hydrogen (secondary N) is 5. The van der Waals surface area contributed by atoms with E-state index >= 15 is 0 Å². The number of aliphatic imine (C=N–C) groups is 1. The molecule has 2 atom stereocenters. The maximum absolute atomic E-state index is 13.1. The highest BCUT2D eigenvalue weighted by Gasteiger charge is 2.25. The molecule has 0 spiro atoms. The van der Waals surface area contributed by atoms with Crippen molar-refractivity contribution in [2.24, 2.45) is 10.7 Å². The Morgan fingerprint density at radius 1 is 0.627 bits per heavy atom. The van der Waals surface area contributed by atoms with Crippen LogP contribution >= 0.6 is 0 Å². The lowest BCUT2D eigenvalue weighted by atomic mass is 9.92. The first-order chi connectivity index (χ1) is 29.1. The Bertz CT molecular complexity index is 3000. The minimum Gasteiger partial charge on any atom is -0.357 e. The summed E-state index contributed by atoms with van der Waals surface area (Å²) in [5.41, 5.74) is 20.7. The van der Waals surface area contributed by atoms with E-state index in [1.165, 1.54) is 0 Å². The number of H-pyrrole nitrogens is 4. The van der Waals surface area contributed by atoms with Gasteiger partial charge in [0.2, 0.25) is 5.91 Å². The van der Waals surface area contributed by atoms with Gasteiger partial charge in [0.05, 0.1) is 35.4 Å². The third-order valence-electron chi connectivity index (χ3n) is 11.0. The van der Waals surface area contributed by atoms with Crippen LogP contribution in [0.2, 0.25) is 0 Å². The van der Waals surface area contributed by atoms with Gasteiger partial charge in [0.25, 0.3) is 0 Å². The average Bonchev–Trinajstić information content (AvgIpc) is 4.14. The predicted molar refractivity (Wildman–Crippen MR) is 234 cm³/mol. The zero-order valence-corrected chi connectivity index (χ0v) is 32.0. The number of allylic oxidation sites excluding steroid dienone is 2. The summed E-state index contributed by atoms with van der Waals surface area (Å²) >= 11 is 0. The van der Waals surface area contributed by atoms with E-state index in [4.69, 9.17) is 10.7 Å². The molecule has 2 aliphatic rings. The van der Waals surface area contributed by atoms with Gasteiger partial charge in [0, 0.05) is 68.5 Å². The maximum Gasteiger partial charge on any atom is 0.241 e. The van der Waals surface area contributed by atoms with Crippen molar-refractivity contribution in [2.75, 3.05) is 5.32 Å². The van der Waals surface area contributed by atoms with E-state index in [-0.39, 0.29) is 11.8 Å². The minimum absolute atomic E-state index is 0.216. The third-order valence-corrected chi connectivity index (χ3v) is 11.0. The number of benzene rings is 4. The number of aromatic amines is 4. The van der Waals surface area contributed by atoms with Crippen LogP contribution < -0.4 is 21.7 Å². The average molecular weight is 769 g/mol. The molecule has 7 N–H and O–H groups in total. The summed E-state index contributed by atoms with van der Waals surface area (Å²) in [6.45, 7) is 0. The van der Waals surface area contributed by atoms with Crippen molar-refractivity contribution in [3.63, 3.8) is 0 Å². The molecule has 10 rings (SSSR count). The zero-order valence-electron chi connectivity index (χ0n) is 32.0. The second-order valence-electron chi connectivity index (χ2n) is 14.8. The molecule has 286 valence electrons. The molecule has 2 aliphatic heterocycles. The molecule has 6 heterocycles. The molecular formula is C50H40N8O. The highest BCUT2D eigenvalue weighted by molar-refractivity contribution is 6.30. The number of fused-ring (bicyclic) bond motifs is 7. The van der Waals surface area contributed by atoms with Gasteiger partial charge in [-0.3, -0.25) is 4.79 Å². The Labute approximate surface area is 340 Å². The van der Waals surface area contributed by atoms with Crippen LogP contribution in [-0.4, -0.2) is 42.6 Å². The van der Waals surface area contributed by atoms with Gasteiger partial charge in [-0.1, -0.05) is 103 Å². The number of carbonyl (C=O) groups is 1. The first kappa shape index (κ1) is 35.6. The SMILES string of the molecule is N[C@@H](Cc1c[nH]cn1)C(=O)Nc1ccc(C2c3ccc([nH]3)C(c3ccccc3)=C3C=CC(=N3)C(c3ccccc3)=c3ccc([nH]3)=C(c3ccccc3)c3ccc2[nH]3)cc1. The Morgan fingerprint density at radius 3 is 1.81 bits per heavy atom. The van der Waals surface area contributed by atoms with Crippen LogP contribution in [0.4, 0.5) is 5.69 Å². The van der Waals surface area contributed by atoms with Crippen molar-refractivity contribution < 1.29 is 4.79 Å². The molecule has 8 aromatic rings. The number of aromatic nitrogens is 5. The lowest BCUT2D eigenvalue weighted by Gasteiger charge is -2.18. The molecule has 4 aromatic heterocycles. The van der Waals surface area contributed by atoms with Gasteiger partial charge >= 0.3 is 0 Å². The smallest absolute Gasteiger partial charge is 0.241 e. The summed E-state index contributed by atoms with van der Waals surface area (Å²) < 4.78 is 0. The summed E-state index contributed by atoms with van der Waals surface area (Å²) in [6.07, 6.45) is 7.90. The predicted octanol–water partition coefficient (Wildman–Crippen LogP) is 7.31. The molecule has 8 bridgehead atoms. The lowest BCUT2D eigenvalue weighted by Crippen LogP contribution is -2.37. The molecule has 9 heteroatoms. The number of imidazole rings is 1. The standard InChI is InChI=1S/C50H40N8O/c51-37(28-36-29-52-30-53-36)50(59)54-35-18-16-34(17-19-35)49-44-26-24-42(57-44)47(32-12-6-2-7-13-32)40-22-20-38(55-40)46(31-10-4-1-5-11-31)39-21-23-41(56-39)48(33-14-8-3-9-15-33)43-25-27-45(49)58-43/h1-27,29-30,37,49,55,57-58H,28,51H2,(H,52,53)(H,54,59)/t37-,49?/m0/s1. The van der Waals surface area contributed by atoms with Crippen molar-refractivity contribution in [3.8, 4) is 0 Å². The van der Waals surface area contributed by atoms with Gasteiger partial charge < -0.3 is 31.0 Å². The van der Waals surface area contributed by atoms with Crippen LogP contribution in [-0.2, 0) is 11.2 Å². The number of rotatable bonds is 8. The van der Waals surface area contributed by atoms with Crippen LogP contribution in [0.5, 0.6) is 0 Å². The van der Waals surface area contributed by atoms with Crippen molar-refractivity contribution in [3.05, 3.63) is 243 Å². The summed E-state index contributed by atoms with van der Waals surface area (Å²) in [5, 5.41) is 4.94. The second kappa shape index (κ2) is 15.3. The van der Waals surface area contributed by atoms with E-state index in [2.05, 4.69) is 164 Å². The maximum atomic E-state index is 13.1. The van der Waals surface area contributed by atoms with Crippen molar-refractivity contribution >= 4 is 34.0 Å². The summed E-state index contributed by atoms with van der Waals surface area (Å²) in [4.78, 5) is 37.1. The number of amides is 1. The molecule has 0 saturated carbocycles. The Kier molecular flexibility index (Phi) is 9.25. The Balaban J connectivity index is 1.16. The number of hydrogen-bond acceptors (Lipinski definition) is 4. The molecule has 1 amide bonds. The Hall–Kier alpha value is -7.75. The van der Waals surface area contributed by atoms with E-state index in [9.17, 15) is 4.79 Å². The van der Waals surface area contributed by atoms with E-state index in [0.717, 1.165) is 89.5 Å². The summed E-state index contributed by atoms with van der Waals surface area (Å²) in [5.74, 6) is -0.488. The van der Waals surface area contributed by atoms with Crippen LogP contribution in [0.25, 0.3) is 16.7 Å². The quantitative estimate of drug-likeness (QED) is 0.0965. The molecule has 0 fully saturated rings. The summed E-state index contributed by atoms with van der Waals surface area (Å²) in [7, 11) is 0. The first-order valence-corrected chi connectivity index (χ1v) is 19.7. The highest BCUT2D eigenvalue weighted by Crippen LogP contribution is 2.37. The van der Waals surface area contributed by atoms with Gasteiger partial charge in [0.1, 0.15) is 0 Å². The second-order valence-corrected chi connectivity index (χ2v) is 14.8. The number of nitrogens with zero attached hydrogens (tertiary/aromatic N) is 2. The fourth-order valence-corrected chi connectivity index (χ4v) is 8.17. The fourth-order valence-electron chi connectivity index (χ4n) is 8.17. The van der Waals surface area contributed by atoms with Crippen LogP contribution in [0.1, 0.15) is 56.6 Å². The molecular weight excluding hydrogens is 729 g/mol. The van der Waals surface area contributed by atoms with E-state index in [1.807, 2.05) is 30.3 Å². The molecule has 59 heavy (non-hydrogen) atoms. The third kappa shape index (κ3) is 7.00. The fraction of sp³-hybridized carbons (Fsp3) is 0.0600. The molecule has 9 nitrogen and oxygen atoms in total. The van der Waals surface area contributed by atoms with E-state index in [0.29, 0.717) is 12.1 Å². The van der Waals surface area contributed by atoms with Crippen molar-refractivity contribution in [2.45, 2.75) is 18.4 Å². The normalized spacial score (nSPS) is 15.3. The number of carbonyl (C=O) groups excluding carboxylic acids is 1. The zero-order chi connectivity index (χ0) is 39.7. The van der Waals surface area contributed by atoms with Gasteiger partial charge in [-0.15, -0.1) is 0 Å². The monoisotopic (exact) mass is 768 g/mol. The molecule has 4 aromatic carbocycles. The molecule has 0 saturated heterocycles. The highest BCUT2D eigenvalue weighted by atomic mass is 16.2. The molecule has 0 radical (unpaired) electrons. The largest absolute Gasteiger partial charge is 0.357 e.